The molecular weight excluding hydrogens is 326 g/mol. The van der Waals surface area contributed by atoms with Gasteiger partial charge in [0.2, 0.25) is 10.0 Å². The van der Waals surface area contributed by atoms with Crippen LogP contribution in [0.15, 0.2) is 53.4 Å². The average Bonchev–Trinajstić information content (AvgIpc) is 2.60. The second kappa shape index (κ2) is 7.59. The Labute approximate surface area is 142 Å². The third-order valence-electron chi connectivity index (χ3n) is 3.77. The summed E-state index contributed by atoms with van der Waals surface area (Å²) in [7, 11) is -2.14. The lowest BCUT2D eigenvalue weighted by Crippen LogP contribution is -2.28. The van der Waals surface area contributed by atoms with E-state index in [1.165, 1.54) is 19.1 Å². The molecule has 0 radical (unpaired) electrons. The zero-order valence-electron chi connectivity index (χ0n) is 13.9. The van der Waals surface area contributed by atoms with E-state index in [0.29, 0.717) is 17.7 Å². The number of methoxy groups -OCH3 is 1. The highest BCUT2D eigenvalue weighted by Crippen LogP contribution is 2.23. The molecule has 6 heteroatoms. The molecule has 128 valence electrons. The first-order valence-electron chi connectivity index (χ1n) is 7.64. The van der Waals surface area contributed by atoms with Crippen LogP contribution < -0.4 is 9.46 Å². The molecule has 0 fully saturated rings. The van der Waals surface area contributed by atoms with Crippen LogP contribution in [0.5, 0.6) is 5.75 Å². The quantitative estimate of drug-likeness (QED) is 0.780. The van der Waals surface area contributed by atoms with Crippen LogP contribution in [0.25, 0.3) is 0 Å². The maximum atomic E-state index is 12.6. The number of carbonyl (C=O) groups is 1. The third kappa shape index (κ3) is 4.21. The molecular formula is C18H21NO4S. The number of ketones is 1. The first kappa shape index (κ1) is 18.2. The zero-order valence-corrected chi connectivity index (χ0v) is 14.8. The Hall–Kier alpha value is -2.18. The highest BCUT2D eigenvalue weighted by atomic mass is 32.2. The Balaban J connectivity index is 2.28. The minimum atomic E-state index is -3.72. The van der Waals surface area contributed by atoms with Gasteiger partial charge in [0.25, 0.3) is 0 Å². The molecule has 2 rings (SSSR count). The van der Waals surface area contributed by atoms with E-state index in [9.17, 15) is 13.2 Å². The molecule has 0 aliphatic rings. The number of Topliss-reactive ketones (excluding diaryl/α,β-unsaturated/α-hetero) is 1. The van der Waals surface area contributed by atoms with Gasteiger partial charge < -0.3 is 4.74 Å². The van der Waals surface area contributed by atoms with Crippen molar-refractivity contribution in [3.05, 3.63) is 59.7 Å². The van der Waals surface area contributed by atoms with E-state index in [1.807, 2.05) is 19.1 Å². The number of ether oxygens (including phenoxy) is 1. The maximum Gasteiger partial charge on any atom is 0.241 e. The highest BCUT2D eigenvalue weighted by Gasteiger charge is 2.21. The molecule has 0 aromatic heterocycles. The normalized spacial score (nSPS) is 12.6. The summed E-state index contributed by atoms with van der Waals surface area (Å²) in [5.41, 5.74) is 1.22. The van der Waals surface area contributed by atoms with Gasteiger partial charge in [-0.3, -0.25) is 4.79 Å². The van der Waals surface area contributed by atoms with Crippen LogP contribution in [0.4, 0.5) is 0 Å². The van der Waals surface area contributed by atoms with E-state index in [1.54, 1.807) is 31.4 Å². The van der Waals surface area contributed by atoms with Gasteiger partial charge in [-0.1, -0.05) is 31.2 Å². The van der Waals surface area contributed by atoms with Gasteiger partial charge >= 0.3 is 0 Å². The summed E-state index contributed by atoms with van der Waals surface area (Å²) in [6.07, 6.45) is 0.595. The van der Waals surface area contributed by atoms with Crippen molar-refractivity contribution in [3.8, 4) is 5.75 Å². The summed E-state index contributed by atoms with van der Waals surface area (Å²) in [5, 5.41) is 0. The fraction of sp³-hybridized carbons (Fsp3) is 0.278. The summed E-state index contributed by atoms with van der Waals surface area (Å²) in [4.78, 5) is 11.5. The Morgan fingerprint density at radius 1 is 1.17 bits per heavy atom. The lowest BCUT2D eigenvalue weighted by Gasteiger charge is -2.18. The first-order valence-corrected chi connectivity index (χ1v) is 9.13. The Morgan fingerprint density at radius 2 is 1.83 bits per heavy atom. The molecule has 5 nitrogen and oxygen atoms in total. The molecule has 1 N–H and O–H groups in total. The summed E-state index contributed by atoms with van der Waals surface area (Å²) < 4.78 is 33.1. The second-order valence-corrected chi connectivity index (χ2v) is 7.15. The number of hydrogen-bond donors (Lipinski definition) is 1. The van der Waals surface area contributed by atoms with Crippen molar-refractivity contribution in [2.24, 2.45) is 0 Å². The molecule has 0 unspecified atom stereocenters. The van der Waals surface area contributed by atoms with Crippen molar-refractivity contribution in [3.63, 3.8) is 0 Å². The van der Waals surface area contributed by atoms with Gasteiger partial charge in [0.15, 0.2) is 5.78 Å². The zero-order chi connectivity index (χ0) is 17.7. The van der Waals surface area contributed by atoms with Gasteiger partial charge in [-0.15, -0.1) is 0 Å². The maximum absolute atomic E-state index is 12.6. The molecule has 0 aliphatic heterocycles. The highest BCUT2D eigenvalue weighted by molar-refractivity contribution is 7.89. The van der Waals surface area contributed by atoms with Gasteiger partial charge in [-0.25, -0.2) is 13.1 Å². The predicted molar refractivity (Wildman–Crippen MR) is 92.8 cm³/mol. The van der Waals surface area contributed by atoms with Crippen molar-refractivity contribution in [1.29, 1.82) is 0 Å². The van der Waals surface area contributed by atoms with Gasteiger partial charge in [-0.2, -0.15) is 0 Å². The third-order valence-corrected chi connectivity index (χ3v) is 5.24. The number of rotatable bonds is 7. The van der Waals surface area contributed by atoms with E-state index in [4.69, 9.17) is 4.74 Å². The lowest BCUT2D eigenvalue weighted by atomic mass is 10.1. The van der Waals surface area contributed by atoms with Crippen molar-refractivity contribution in [2.45, 2.75) is 31.2 Å². The molecule has 0 spiro atoms. The molecule has 24 heavy (non-hydrogen) atoms. The molecule has 0 saturated carbocycles. The van der Waals surface area contributed by atoms with Crippen LogP contribution >= 0.6 is 0 Å². The summed E-state index contributed by atoms with van der Waals surface area (Å²) >= 11 is 0. The minimum Gasteiger partial charge on any atom is -0.497 e. The van der Waals surface area contributed by atoms with Crippen molar-refractivity contribution in [1.82, 2.24) is 4.72 Å². The predicted octanol–water partition coefficient (Wildman–Crippen LogP) is 3.33. The van der Waals surface area contributed by atoms with E-state index < -0.39 is 10.0 Å². The van der Waals surface area contributed by atoms with Crippen LogP contribution in [0.1, 0.15) is 42.2 Å². The number of sulfonamides is 1. The molecule has 1 atom stereocenters. The Kier molecular flexibility index (Phi) is 5.75. The topological polar surface area (TPSA) is 72.5 Å². The summed E-state index contributed by atoms with van der Waals surface area (Å²) in [5.74, 6) is 0.542. The first-order chi connectivity index (χ1) is 11.4. The molecule has 0 heterocycles. The van der Waals surface area contributed by atoms with E-state index in [0.717, 1.165) is 5.56 Å². The molecule has 0 aliphatic carbocycles. The van der Waals surface area contributed by atoms with Crippen molar-refractivity contribution < 1.29 is 17.9 Å². The van der Waals surface area contributed by atoms with Crippen LogP contribution in [0.2, 0.25) is 0 Å². The van der Waals surface area contributed by atoms with Crippen LogP contribution in [-0.2, 0) is 10.0 Å². The Morgan fingerprint density at radius 3 is 2.38 bits per heavy atom. The SMILES string of the molecule is CC[C@@H](NS(=O)(=O)c1cccc(C(C)=O)c1)c1ccc(OC)cc1. The molecule has 2 aromatic carbocycles. The Bertz CT molecular complexity index is 813. The van der Waals surface area contributed by atoms with Crippen molar-refractivity contribution >= 4 is 15.8 Å². The van der Waals surface area contributed by atoms with E-state index in [2.05, 4.69) is 4.72 Å². The van der Waals surface area contributed by atoms with E-state index >= 15 is 0 Å². The van der Waals surface area contributed by atoms with Gasteiger partial charge in [0, 0.05) is 11.6 Å². The lowest BCUT2D eigenvalue weighted by molar-refractivity contribution is 0.101. The van der Waals surface area contributed by atoms with Gasteiger partial charge in [0.05, 0.1) is 12.0 Å². The minimum absolute atomic E-state index is 0.0853. The number of benzene rings is 2. The van der Waals surface area contributed by atoms with Crippen LogP contribution in [0, 0.1) is 0 Å². The van der Waals surface area contributed by atoms with Gasteiger partial charge in [0.1, 0.15) is 5.75 Å². The molecule has 0 bridgehead atoms. The molecule has 0 amide bonds. The summed E-state index contributed by atoms with van der Waals surface area (Å²) in [6.45, 7) is 3.31. The average molecular weight is 347 g/mol. The monoisotopic (exact) mass is 347 g/mol. The largest absolute Gasteiger partial charge is 0.497 e. The number of nitrogens with one attached hydrogen (secondary N) is 1. The fourth-order valence-corrected chi connectivity index (χ4v) is 3.71. The van der Waals surface area contributed by atoms with E-state index in [-0.39, 0.29) is 16.7 Å². The molecule has 0 saturated heterocycles. The molecule has 2 aromatic rings. The van der Waals surface area contributed by atoms with Gasteiger partial charge in [-0.05, 0) is 43.2 Å². The van der Waals surface area contributed by atoms with Crippen molar-refractivity contribution in [2.75, 3.05) is 7.11 Å². The second-order valence-electron chi connectivity index (χ2n) is 5.44. The number of hydrogen-bond acceptors (Lipinski definition) is 4. The fourth-order valence-electron chi connectivity index (χ4n) is 2.36. The number of carbonyl (C=O) groups excluding carboxylic acids is 1. The smallest absolute Gasteiger partial charge is 0.241 e. The standard InChI is InChI=1S/C18H21NO4S/c1-4-18(14-8-10-16(23-3)11-9-14)19-24(21,22)17-7-5-6-15(12-17)13(2)20/h5-12,18-19H,4H2,1-3H3/t18-/m1/s1. The summed E-state index contributed by atoms with van der Waals surface area (Å²) in [6, 6.07) is 12.9. The van der Waals surface area contributed by atoms with Crippen LogP contribution in [-0.4, -0.2) is 21.3 Å². The van der Waals surface area contributed by atoms with Crippen LogP contribution in [0.3, 0.4) is 0 Å².